The first kappa shape index (κ1) is 21.4. The van der Waals surface area contributed by atoms with E-state index in [9.17, 15) is 4.39 Å². The Bertz CT molecular complexity index is 699. The van der Waals surface area contributed by atoms with Gasteiger partial charge < -0.3 is 10.6 Å². The fourth-order valence-electron chi connectivity index (χ4n) is 2.34. The largest absolute Gasteiger partial charge is 0.357 e. The molecule has 0 radical (unpaired) electrons. The Kier molecular flexibility index (Phi) is 8.88. The number of aromatic nitrogens is 2. The van der Waals surface area contributed by atoms with Crippen LogP contribution in [-0.2, 0) is 6.54 Å². The molecule has 0 saturated carbocycles. The molecule has 138 valence electrons. The Hall–Kier alpha value is -1.64. The molecule has 1 atom stereocenters. The molecule has 2 rings (SSSR count). The maximum Gasteiger partial charge on any atom is 0.191 e. The second-order valence-corrected chi connectivity index (χ2v) is 5.92. The predicted octanol–water partition coefficient (Wildman–Crippen LogP) is 3.57. The van der Waals surface area contributed by atoms with Crippen molar-refractivity contribution in [3.05, 3.63) is 53.1 Å². The Morgan fingerprint density at radius 3 is 2.72 bits per heavy atom. The van der Waals surface area contributed by atoms with E-state index in [2.05, 4.69) is 20.7 Å². The van der Waals surface area contributed by atoms with Gasteiger partial charge in [0.2, 0.25) is 0 Å². The van der Waals surface area contributed by atoms with Crippen molar-refractivity contribution < 1.29 is 4.39 Å². The Balaban J connectivity index is 0.00000312. The molecular weight excluding hydrogens is 432 g/mol. The van der Waals surface area contributed by atoms with E-state index in [0.717, 1.165) is 30.2 Å². The number of benzene rings is 1. The smallest absolute Gasteiger partial charge is 0.191 e. The number of hydrogen-bond donors (Lipinski definition) is 2. The molecule has 2 N–H and O–H groups in total. The van der Waals surface area contributed by atoms with Crippen LogP contribution in [0.4, 0.5) is 4.39 Å². The summed E-state index contributed by atoms with van der Waals surface area (Å²) >= 11 is 0. The van der Waals surface area contributed by atoms with Gasteiger partial charge in [-0.05, 0) is 50.5 Å². The van der Waals surface area contributed by atoms with Crippen molar-refractivity contribution in [3.8, 4) is 0 Å². The summed E-state index contributed by atoms with van der Waals surface area (Å²) in [5, 5.41) is 10.8. The van der Waals surface area contributed by atoms with Gasteiger partial charge in [0.1, 0.15) is 5.82 Å². The molecular formula is C18H27FIN5. The highest BCUT2D eigenvalue weighted by Crippen LogP contribution is 2.16. The molecule has 0 bridgehead atoms. The van der Waals surface area contributed by atoms with Crippen LogP contribution in [0.3, 0.4) is 0 Å². The van der Waals surface area contributed by atoms with Gasteiger partial charge in [0, 0.05) is 12.7 Å². The summed E-state index contributed by atoms with van der Waals surface area (Å²) in [6.45, 7) is 9.89. The van der Waals surface area contributed by atoms with Crippen molar-refractivity contribution in [1.82, 2.24) is 20.4 Å². The number of halogens is 2. The molecule has 0 aliphatic carbocycles. The zero-order valence-corrected chi connectivity index (χ0v) is 17.5. The molecule has 0 fully saturated rings. The number of guanidine groups is 1. The highest BCUT2D eigenvalue weighted by molar-refractivity contribution is 14.0. The van der Waals surface area contributed by atoms with Crippen molar-refractivity contribution >= 4 is 29.9 Å². The Labute approximate surface area is 166 Å². The maximum atomic E-state index is 13.7. The van der Waals surface area contributed by atoms with Crippen molar-refractivity contribution in [3.63, 3.8) is 0 Å². The number of aliphatic imine (C=N–C) groups is 1. The molecule has 25 heavy (non-hydrogen) atoms. The third kappa shape index (κ3) is 6.64. The number of nitrogens with zero attached hydrogens (tertiary/aromatic N) is 3. The van der Waals surface area contributed by atoms with Gasteiger partial charge in [0.25, 0.3) is 0 Å². The maximum absolute atomic E-state index is 13.7. The average molecular weight is 459 g/mol. The van der Waals surface area contributed by atoms with E-state index in [1.165, 1.54) is 0 Å². The molecule has 1 aromatic carbocycles. The summed E-state index contributed by atoms with van der Waals surface area (Å²) in [5.41, 5.74) is 2.69. The highest BCUT2D eigenvalue weighted by Gasteiger charge is 2.09. The van der Waals surface area contributed by atoms with E-state index in [4.69, 9.17) is 0 Å². The van der Waals surface area contributed by atoms with Crippen molar-refractivity contribution in [1.29, 1.82) is 0 Å². The number of hydrogen-bond acceptors (Lipinski definition) is 2. The third-order valence-electron chi connectivity index (χ3n) is 3.75. The number of rotatable bonds is 6. The minimum Gasteiger partial charge on any atom is -0.357 e. The van der Waals surface area contributed by atoms with Gasteiger partial charge in [-0.25, -0.2) is 4.39 Å². The van der Waals surface area contributed by atoms with E-state index in [1.807, 2.05) is 43.9 Å². The van der Waals surface area contributed by atoms with Gasteiger partial charge in [0.15, 0.2) is 5.96 Å². The van der Waals surface area contributed by atoms with Crippen LogP contribution in [-0.4, -0.2) is 28.8 Å². The zero-order chi connectivity index (χ0) is 17.5. The molecule has 0 aliphatic rings. The fourth-order valence-corrected chi connectivity index (χ4v) is 2.34. The van der Waals surface area contributed by atoms with Crippen LogP contribution in [0, 0.1) is 19.7 Å². The molecule has 0 saturated heterocycles. The van der Waals surface area contributed by atoms with Crippen molar-refractivity contribution in [2.75, 3.05) is 13.1 Å². The zero-order valence-electron chi connectivity index (χ0n) is 15.2. The molecule has 5 nitrogen and oxygen atoms in total. The van der Waals surface area contributed by atoms with Gasteiger partial charge in [-0.1, -0.05) is 12.1 Å². The molecule has 0 spiro atoms. The van der Waals surface area contributed by atoms with E-state index in [1.54, 1.807) is 19.1 Å². The van der Waals surface area contributed by atoms with Crippen LogP contribution in [0.25, 0.3) is 0 Å². The first-order chi connectivity index (χ1) is 11.5. The lowest BCUT2D eigenvalue weighted by Gasteiger charge is -2.18. The lowest BCUT2D eigenvalue weighted by molar-refractivity contribution is 0.604. The van der Waals surface area contributed by atoms with E-state index < -0.39 is 0 Å². The lowest BCUT2D eigenvalue weighted by Crippen LogP contribution is -2.39. The van der Waals surface area contributed by atoms with Crippen LogP contribution in [0.1, 0.15) is 36.6 Å². The van der Waals surface area contributed by atoms with Crippen LogP contribution < -0.4 is 10.6 Å². The van der Waals surface area contributed by atoms with Crippen molar-refractivity contribution in [2.45, 2.75) is 40.3 Å². The molecule has 7 heteroatoms. The first-order valence-corrected chi connectivity index (χ1v) is 8.29. The summed E-state index contributed by atoms with van der Waals surface area (Å²) in [6.07, 6.45) is 3.83. The molecule has 0 amide bonds. The van der Waals surface area contributed by atoms with Gasteiger partial charge in [-0.15, -0.1) is 24.0 Å². The summed E-state index contributed by atoms with van der Waals surface area (Å²) in [6, 6.07) is 5.27. The third-order valence-corrected chi connectivity index (χ3v) is 3.75. The van der Waals surface area contributed by atoms with E-state index >= 15 is 0 Å². The molecule has 1 aromatic heterocycles. The van der Waals surface area contributed by atoms with Gasteiger partial charge >= 0.3 is 0 Å². The summed E-state index contributed by atoms with van der Waals surface area (Å²) in [4.78, 5) is 4.56. The molecule has 2 aromatic rings. The summed E-state index contributed by atoms with van der Waals surface area (Å²) in [7, 11) is 0. The fraction of sp³-hybridized carbons (Fsp3) is 0.444. The minimum absolute atomic E-state index is 0. The molecule has 1 unspecified atom stereocenters. The predicted molar refractivity (Wildman–Crippen MR) is 111 cm³/mol. The van der Waals surface area contributed by atoms with Crippen molar-refractivity contribution in [2.24, 2.45) is 4.99 Å². The van der Waals surface area contributed by atoms with E-state index in [-0.39, 0.29) is 35.8 Å². The quantitative estimate of drug-likeness (QED) is 0.395. The second-order valence-electron chi connectivity index (χ2n) is 5.92. The summed E-state index contributed by atoms with van der Waals surface area (Å²) < 4.78 is 15.6. The van der Waals surface area contributed by atoms with Crippen LogP contribution in [0.2, 0.25) is 0 Å². The SMILES string of the molecule is CCNC(=NCCn1cc(C)cn1)NC(C)c1ccc(C)c(F)c1.I. The molecule has 0 aliphatic heterocycles. The summed E-state index contributed by atoms with van der Waals surface area (Å²) in [5.74, 6) is 0.534. The van der Waals surface area contributed by atoms with Gasteiger partial charge in [-0.3, -0.25) is 9.67 Å². The topological polar surface area (TPSA) is 54.2 Å². The number of aryl methyl sites for hydroxylation is 2. The van der Waals surface area contributed by atoms with Gasteiger partial charge in [0.05, 0.1) is 25.3 Å². The van der Waals surface area contributed by atoms with Gasteiger partial charge in [-0.2, -0.15) is 5.10 Å². The normalized spacial score (nSPS) is 12.4. The highest BCUT2D eigenvalue weighted by atomic mass is 127. The monoisotopic (exact) mass is 459 g/mol. The van der Waals surface area contributed by atoms with Crippen LogP contribution in [0.15, 0.2) is 35.6 Å². The average Bonchev–Trinajstić information content (AvgIpc) is 2.95. The lowest BCUT2D eigenvalue weighted by atomic mass is 10.1. The number of nitrogens with one attached hydrogen (secondary N) is 2. The first-order valence-electron chi connectivity index (χ1n) is 8.29. The standard InChI is InChI=1S/C18H26FN5.HI/c1-5-20-18(21-8-9-24-12-13(2)11-22-24)23-15(4)16-7-6-14(3)17(19)10-16;/h6-7,10-12,15H,5,8-9H2,1-4H3,(H2,20,21,23);1H. The Morgan fingerprint density at radius 2 is 2.12 bits per heavy atom. The van der Waals surface area contributed by atoms with Crippen LogP contribution >= 0.6 is 24.0 Å². The van der Waals surface area contributed by atoms with Crippen LogP contribution in [0.5, 0.6) is 0 Å². The molecule has 1 heterocycles. The van der Waals surface area contributed by atoms with E-state index in [0.29, 0.717) is 12.1 Å². The minimum atomic E-state index is -0.183. The Morgan fingerprint density at radius 1 is 1.36 bits per heavy atom. The second kappa shape index (κ2) is 10.4.